The second-order valence-corrected chi connectivity index (χ2v) is 21.5. The highest BCUT2D eigenvalue weighted by atomic mass is 28.4. The maximum absolute atomic E-state index is 6.76. The van der Waals surface area contributed by atoms with E-state index in [1.807, 2.05) is 0 Å². The SMILES string of the molecule is CCCCCC[Si](CCCCCC)(CCCCCC)OOO[Si](CCCCCC)(CCCCCC)CCCCCC. The van der Waals surface area contributed by atoms with E-state index < -0.39 is 16.6 Å². The van der Waals surface area contributed by atoms with Crippen LogP contribution in [-0.2, 0) is 14.2 Å². The maximum atomic E-state index is 6.76. The molecule has 3 nitrogen and oxygen atoms in total. The highest BCUT2D eigenvalue weighted by molar-refractivity contribution is 6.74. The van der Waals surface area contributed by atoms with Crippen LogP contribution in [0.25, 0.3) is 0 Å². The van der Waals surface area contributed by atoms with Crippen LogP contribution in [0.4, 0.5) is 0 Å². The lowest BCUT2D eigenvalue weighted by Crippen LogP contribution is -2.43. The average molecular weight is 615 g/mol. The van der Waals surface area contributed by atoms with E-state index >= 15 is 0 Å². The molecule has 0 aromatic heterocycles. The molecule has 248 valence electrons. The van der Waals surface area contributed by atoms with Crippen molar-refractivity contribution in [2.24, 2.45) is 0 Å². The molecule has 0 rings (SSSR count). The predicted octanol–water partition coefficient (Wildman–Crippen LogP) is 14.2. The molecule has 0 N–H and O–H groups in total. The molecule has 0 saturated heterocycles. The summed E-state index contributed by atoms with van der Waals surface area (Å²) in [4.78, 5) is 0. The quantitative estimate of drug-likeness (QED) is 0.0312. The van der Waals surface area contributed by atoms with Crippen LogP contribution in [0.2, 0.25) is 36.3 Å². The number of hydrogen-bond acceptors (Lipinski definition) is 3. The van der Waals surface area contributed by atoms with Gasteiger partial charge in [-0.1, -0.05) is 201 Å². The lowest BCUT2D eigenvalue weighted by Gasteiger charge is -2.34. The molecule has 41 heavy (non-hydrogen) atoms. The van der Waals surface area contributed by atoms with Gasteiger partial charge in [0.25, 0.3) is 0 Å². The molecule has 0 aliphatic rings. The zero-order valence-corrected chi connectivity index (χ0v) is 31.4. The van der Waals surface area contributed by atoms with Crippen molar-refractivity contribution >= 4 is 16.6 Å². The molecular weight excluding hydrogens is 537 g/mol. The van der Waals surface area contributed by atoms with Gasteiger partial charge in [0, 0.05) is 0 Å². The molecule has 0 spiro atoms. The van der Waals surface area contributed by atoms with Gasteiger partial charge in [-0.25, -0.2) is 0 Å². The van der Waals surface area contributed by atoms with Crippen molar-refractivity contribution in [1.29, 1.82) is 0 Å². The van der Waals surface area contributed by atoms with Crippen LogP contribution in [0.3, 0.4) is 0 Å². The van der Waals surface area contributed by atoms with Gasteiger partial charge in [-0.2, -0.15) is 0 Å². The standard InChI is InChI=1S/C36H78O3Si2/c1-7-13-19-25-31-40(32-26-20-14-8-2,33-27-21-15-9-3)38-37-39-41(34-28-22-16-10-4,35-29-23-17-11-5)36-30-24-18-12-6/h7-36H2,1-6H3. The summed E-state index contributed by atoms with van der Waals surface area (Å²) < 4.78 is 13.5. The molecule has 5 heteroatoms. The van der Waals surface area contributed by atoms with Gasteiger partial charge in [-0.3, -0.25) is 9.15 Å². The lowest BCUT2D eigenvalue weighted by atomic mass is 10.2. The number of unbranched alkanes of at least 4 members (excludes halogenated alkanes) is 18. The summed E-state index contributed by atoms with van der Waals surface area (Å²) in [5, 5.41) is 6.23. The third-order valence-corrected chi connectivity index (χ3v) is 17.8. The molecular formula is C36H78O3Si2. The van der Waals surface area contributed by atoms with Crippen molar-refractivity contribution in [1.82, 2.24) is 0 Å². The minimum Gasteiger partial charge on any atom is -0.258 e. The molecule has 0 unspecified atom stereocenters. The second kappa shape index (κ2) is 30.3. The van der Waals surface area contributed by atoms with Crippen molar-refractivity contribution in [2.75, 3.05) is 0 Å². The van der Waals surface area contributed by atoms with Gasteiger partial charge in [-0.05, 0) is 36.3 Å². The minimum absolute atomic E-state index is 1.26. The zero-order valence-electron chi connectivity index (χ0n) is 29.4. The van der Waals surface area contributed by atoms with Crippen LogP contribution in [-0.4, -0.2) is 16.6 Å². The number of hydrogen-bond donors (Lipinski definition) is 0. The first-order chi connectivity index (χ1) is 20.1. The fraction of sp³-hybridized carbons (Fsp3) is 1.00. The Bertz CT molecular complexity index is 410. The Labute approximate surface area is 262 Å². The van der Waals surface area contributed by atoms with Gasteiger partial charge in [-0.15, -0.1) is 0 Å². The molecule has 0 aliphatic carbocycles. The molecule has 0 radical (unpaired) electrons. The van der Waals surface area contributed by atoms with Crippen LogP contribution in [0.5, 0.6) is 0 Å². The van der Waals surface area contributed by atoms with Crippen LogP contribution in [0.15, 0.2) is 0 Å². The van der Waals surface area contributed by atoms with Gasteiger partial charge < -0.3 is 0 Å². The van der Waals surface area contributed by atoms with Crippen molar-refractivity contribution in [3.8, 4) is 0 Å². The smallest absolute Gasteiger partial charge is 0.243 e. The maximum Gasteiger partial charge on any atom is 0.243 e. The average Bonchev–Trinajstić information content (AvgIpc) is 2.98. The topological polar surface area (TPSA) is 27.7 Å². The van der Waals surface area contributed by atoms with Crippen LogP contribution >= 0.6 is 0 Å². The first kappa shape index (κ1) is 41.3. The van der Waals surface area contributed by atoms with Crippen LogP contribution < -0.4 is 0 Å². The van der Waals surface area contributed by atoms with E-state index in [4.69, 9.17) is 14.2 Å². The third kappa shape index (κ3) is 23.4. The molecule has 0 atom stereocenters. The summed E-state index contributed by atoms with van der Waals surface area (Å²) >= 11 is 0. The van der Waals surface area contributed by atoms with Gasteiger partial charge in [0.1, 0.15) is 0 Å². The Morgan fingerprint density at radius 1 is 0.268 bits per heavy atom. The Morgan fingerprint density at radius 2 is 0.463 bits per heavy atom. The first-order valence-electron chi connectivity index (χ1n) is 19.1. The normalized spacial score (nSPS) is 12.4. The fourth-order valence-corrected chi connectivity index (χ4v) is 14.2. The molecule has 0 aliphatic heterocycles. The highest BCUT2D eigenvalue weighted by Gasteiger charge is 2.40. The van der Waals surface area contributed by atoms with E-state index in [1.54, 1.807) is 0 Å². The summed E-state index contributed by atoms with van der Waals surface area (Å²) in [6, 6.07) is 7.54. The molecule has 0 aromatic carbocycles. The Kier molecular flexibility index (Phi) is 30.6. The fourth-order valence-electron chi connectivity index (χ4n) is 6.41. The minimum atomic E-state index is -2.00. The second-order valence-electron chi connectivity index (χ2n) is 13.5. The Hall–Kier alpha value is 0.314. The van der Waals surface area contributed by atoms with Crippen molar-refractivity contribution in [3.63, 3.8) is 0 Å². The Balaban J connectivity index is 5.70. The summed E-state index contributed by atoms with van der Waals surface area (Å²) in [5.74, 6) is 0. The van der Waals surface area contributed by atoms with E-state index in [0.717, 1.165) is 0 Å². The molecule has 0 bridgehead atoms. The van der Waals surface area contributed by atoms with E-state index in [9.17, 15) is 0 Å². The van der Waals surface area contributed by atoms with Crippen molar-refractivity contribution < 1.29 is 14.2 Å². The summed E-state index contributed by atoms with van der Waals surface area (Å²) in [6.45, 7) is 13.9. The van der Waals surface area contributed by atoms with E-state index in [0.29, 0.717) is 0 Å². The highest BCUT2D eigenvalue weighted by Crippen LogP contribution is 2.35. The van der Waals surface area contributed by atoms with Crippen LogP contribution in [0, 0.1) is 0 Å². The zero-order chi connectivity index (χ0) is 30.3. The molecule has 0 fully saturated rings. The molecule has 0 amide bonds. The van der Waals surface area contributed by atoms with E-state index in [-0.39, 0.29) is 0 Å². The monoisotopic (exact) mass is 615 g/mol. The molecule has 0 saturated carbocycles. The molecule has 0 heterocycles. The summed E-state index contributed by atoms with van der Waals surface area (Å²) in [5.41, 5.74) is 0. The van der Waals surface area contributed by atoms with Gasteiger partial charge in [0.2, 0.25) is 16.6 Å². The van der Waals surface area contributed by atoms with E-state index in [1.165, 1.54) is 190 Å². The van der Waals surface area contributed by atoms with Gasteiger partial charge in [0.05, 0.1) is 0 Å². The van der Waals surface area contributed by atoms with E-state index in [2.05, 4.69) is 41.5 Å². The summed E-state index contributed by atoms with van der Waals surface area (Å²) in [6.07, 6.45) is 31.7. The van der Waals surface area contributed by atoms with Crippen molar-refractivity contribution in [2.45, 2.75) is 232 Å². The number of rotatable bonds is 34. The first-order valence-corrected chi connectivity index (χ1v) is 24.2. The van der Waals surface area contributed by atoms with Crippen LogP contribution in [0.1, 0.15) is 196 Å². The summed E-state index contributed by atoms with van der Waals surface area (Å²) in [7, 11) is -4.00. The predicted molar refractivity (Wildman–Crippen MR) is 188 cm³/mol. The lowest BCUT2D eigenvalue weighted by molar-refractivity contribution is -0.430. The Morgan fingerprint density at radius 3 is 0.634 bits per heavy atom. The van der Waals surface area contributed by atoms with Gasteiger partial charge in [0.15, 0.2) is 0 Å². The third-order valence-electron chi connectivity index (χ3n) is 9.34. The van der Waals surface area contributed by atoms with Crippen molar-refractivity contribution in [3.05, 3.63) is 0 Å². The van der Waals surface area contributed by atoms with Gasteiger partial charge >= 0.3 is 0 Å². The molecule has 0 aromatic rings. The largest absolute Gasteiger partial charge is 0.258 e.